The van der Waals surface area contributed by atoms with Gasteiger partial charge in [0.1, 0.15) is 12.1 Å². The predicted molar refractivity (Wildman–Crippen MR) is 72.7 cm³/mol. The molecule has 0 spiro atoms. The van der Waals surface area contributed by atoms with Crippen molar-refractivity contribution in [1.29, 1.82) is 0 Å². The van der Waals surface area contributed by atoms with Crippen LogP contribution in [0.3, 0.4) is 0 Å². The number of carbonyl (C=O) groups is 4. The van der Waals surface area contributed by atoms with Gasteiger partial charge in [0.2, 0.25) is 0 Å². The van der Waals surface area contributed by atoms with E-state index in [4.69, 9.17) is 0 Å². The molecule has 0 N–H and O–H groups in total. The van der Waals surface area contributed by atoms with Crippen molar-refractivity contribution >= 4 is 23.8 Å². The molecular weight excluding hydrogens is 390 g/mol. The summed E-state index contributed by atoms with van der Waals surface area (Å²) in [4.78, 5) is 47.0. The Bertz CT molecular complexity index is 593. The molecule has 2 heterocycles. The lowest BCUT2D eigenvalue weighted by molar-refractivity contribution is -0.191. The summed E-state index contributed by atoms with van der Waals surface area (Å²) in [5.41, 5.74) is 0. The van der Waals surface area contributed by atoms with Crippen LogP contribution in [0.2, 0.25) is 0 Å². The fourth-order valence-corrected chi connectivity index (χ4v) is 3.07. The second kappa shape index (κ2) is 7.35. The first-order valence-corrected chi connectivity index (χ1v) is 7.85. The van der Waals surface area contributed by atoms with E-state index in [-0.39, 0.29) is 48.6 Å². The van der Waals surface area contributed by atoms with E-state index in [0.29, 0.717) is 0 Å². The molecule has 0 unspecified atom stereocenters. The van der Waals surface area contributed by atoms with Crippen molar-refractivity contribution in [3.63, 3.8) is 0 Å². The zero-order chi connectivity index (χ0) is 20.6. The van der Waals surface area contributed by atoms with Gasteiger partial charge in [-0.15, -0.1) is 0 Å². The van der Waals surface area contributed by atoms with Crippen LogP contribution in [-0.4, -0.2) is 71.1 Å². The zero-order valence-electron chi connectivity index (χ0n) is 13.6. The molecule has 0 aromatic rings. The van der Waals surface area contributed by atoms with E-state index in [1.165, 1.54) is 0 Å². The van der Waals surface area contributed by atoms with Crippen molar-refractivity contribution in [3.8, 4) is 0 Å². The van der Waals surface area contributed by atoms with Gasteiger partial charge in [-0.1, -0.05) is 0 Å². The number of nitrogens with zero attached hydrogens (tertiary/aromatic N) is 2. The Hall–Kier alpha value is -2.34. The molecule has 0 aromatic carbocycles. The average Bonchev–Trinajstić information content (AvgIpc) is 3.20. The molecule has 0 radical (unpaired) electrons. The lowest BCUT2D eigenvalue weighted by Gasteiger charge is -2.26. The summed E-state index contributed by atoms with van der Waals surface area (Å²) >= 11 is 0. The highest BCUT2D eigenvalue weighted by Gasteiger charge is 2.50. The lowest BCUT2D eigenvalue weighted by atomic mass is 10.2. The number of halogens is 6. The van der Waals surface area contributed by atoms with Crippen molar-refractivity contribution in [2.24, 2.45) is 0 Å². The van der Waals surface area contributed by atoms with Gasteiger partial charge in [0.25, 0.3) is 0 Å². The number of amides is 2. The van der Waals surface area contributed by atoms with Gasteiger partial charge in [0.05, 0.1) is 0 Å². The van der Waals surface area contributed by atoms with E-state index in [0.717, 1.165) is 0 Å². The van der Waals surface area contributed by atoms with E-state index in [1.54, 1.807) is 0 Å². The van der Waals surface area contributed by atoms with Gasteiger partial charge in [-0.25, -0.2) is 9.59 Å². The van der Waals surface area contributed by atoms with Crippen molar-refractivity contribution in [3.05, 3.63) is 0 Å². The number of esters is 2. The molecule has 2 saturated heterocycles. The van der Waals surface area contributed by atoms with E-state index in [2.05, 4.69) is 4.74 Å². The molecule has 0 bridgehead atoms. The monoisotopic (exact) mass is 404 g/mol. The van der Waals surface area contributed by atoms with Gasteiger partial charge in [-0.05, 0) is 25.7 Å². The number of likely N-dealkylation sites (tertiary alicyclic amines) is 2. The highest BCUT2D eigenvalue weighted by molar-refractivity contribution is 5.96. The molecule has 2 amide bonds. The first-order chi connectivity index (χ1) is 12.3. The normalized spacial score (nSPS) is 23.5. The average molecular weight is 404 g/mol. The molecular formula is C14H14F6N2O5. The van der Waals surface area contributed by atoms with E-state index < -0.39 is 48.2 Å². The lowest BCUT2D eigenvalue weighted by Crippen LogP contribution is -2.50. The number of carbonyl (C=O) groups excluding carboxylic acids is 4. The molecule has 0 aromatic heterocycles. The summed E-state index contributed by atoms with van der Waals surface area (Å²) < 4.78 is 79.6. The van der Waals surface area contributed by atoms with Crippen molar-refractivity contribution in [1.82, 2.24) is 9.80 Å². The molecule has 2 rings (SSSR count). The summed E-state index contributed by atoms with van der Waals surface area (Å²) in [5.74, 6) is -7.49. The Labute approximate surface area is 148 Å². The Balaban J connectivity index is 2.05. The topological polar surface area (TPSA) is 84.0 Å². The second-order valence-electron chi connectivity index (χ2n) is 6.05. The first-order valence-electron chi connectivity index (χ1n) is 7.85. The van der Waals surface area contributed by atoms with Crippen LogP contribution in [0.5, 0.6) is 0 Å². The summed E-state index contributed by atoms with van der Waals surface area (Å²) in [5, 5.41) is 0. The minimum Gasteiger partial charge on any atom is -0.390 e. The number of rotatable bonds is 2. The van der Waals surface area contributed by atoms with Gasteiger partial charge >= 0.3 is 36.1 Å². The van der Waals surface area contributed by atoms with Gasteiger partial charge in [-0.3, -0.25) is 9.59 Å². The molecule has 7 nitrogen and oxygen atoms in total. The molecule has 2 aliphatic rings. The first kappa shape index (κ1) is 21.0. The van der Waals surface area contributed by atoms with Crippen molar-refractivity contribution < 1.29 is 50.3 Å². The van der Waals surface area contributed by atoms with Gasteiger partial charge < -0.3 is 14.5 Å². The van der Waals surface area contributed by atoms with E-state index in [1.807, 2.05) is 0 Å². The molecule has 0 aliphatic carbocycles. The molecule has 2 aliphatic heterocycles. The standard InChI is InChI=1S/C14H14F6N2O5/c15-13(16,17)11(25)21-5-1-3-7(21)9(23)27-10(24)8-4-2-6-22(8)12(26)14(18,19)20/h7-8H,1-6H2/t7-,8-/m0/s1. The largest absolute Gasteiger partial charge is 0.471 e. The Morgan fingerprint density at radius 3 is 1.33 bits per heavy atom. The van der Waals surface area contributed by atoms with Crippen molar-refractivity contribution in [2.75, 3.05) is 13.1 Å². The quantitative estimate of drug-likeness (QED) is 0.392. The molecule has 2 fully saturated rings. The maximum atomic E-state index is 12.5. The predicted octanol–water partition coefficient (Wildman–Crippen LogP) is 1.16. The molecule has 2 atom stereocenters. The third-order valence-corrected chi connectivity index (χ3v) is 4.26. The Morgan fingerprint density at radius 2 is 1.04 bits per heavy atom. The number of ether oxygens (including phenoxy) is 1. The summed E-state index contributed by atoms with van der Waals surface area (Å²) in [7, 11) is 0. The molecule has 0 saturated carbocycles. The van der Waals surface area contributed by atoms with Gasteiger partial charge in [-0.2, -0.15) is 26.3 Å². The smallest absolute Gasteiger partial charge is 0.390 e. The molecule has 27 heavy (non-hydrogen) atoms. The van der Waals surface area contributed by atoms with Crippen LogP contribution in [0.15, 0.2) is 0 Å². The number of hydrogen-bond donors (Lipinski definition) is 0. The van der Waals surface area contributed by atoms with Crippen LogP contribution in [0.25, 0.3) is 0 Å². The third kappa shape index (κ3) is 4.50. The minimum absolute atomic E-state index is 0.0535. The number of hydrogen-bond acceptors (Lipinski definition) is 5. The fourth-order valence-electron chi connectivity index (χ4n) is 3.07. The van der Waals surface area contributed by atoms with Crippen LogP contribution in [0.1, 0.15) is 25.7 Å². The third-order valence-electron chi connectivity index (χ3n) is 4.26. The van der Waals surface area contributed by atoms with E-state index >= 15 is 0 Å². The summed E-state index contributed by atoms with van der Waals surface area (Å²) in [6.45, 7) is -0.761. The van der Waals surface area contributed by atoms with Crippen LogP contribution in [-0.2, 0) is 23.9 Å². The summed E-state index contributed by atoms with van der Waals surface area (Å²) in [6, 6.07) is -3.34. The van der Waals surface area contributed by atoms with Crippen molar-refractivity contribution in [2.45, 2.75) is 50.1 Å². The fraction of sp³-hybridized carbons (Fsp3) is 0.714. The zero-order valence-corrected chi connectivity index (χ0v) is 13.6. The van der Waals surface area contributed by atoms with Gasteiger partial charge in [0.15, 0.2) is 0 Å². The molecule has 13 heteroatoms. The molecule has 152 valence electrons. The Morgan fingerprint density at radius 1 is 0.704 bits per heavy atom. The SMILES string of the molecule is O=C(OC(=O)[C@@H]1CCCN1C(=O)C(F)(F)F)[C@@H]1CCCN1C(=O)C(F)(F)F. The minimum atomic E-state index is -5.23. The van der Waals surface area contributed by atoms with E-state index in [9.17, 15) is 45.5 Å². The maximum Gasteiger partial charge on any atom is 0.471 e. The van der Waals surface area contributed by atoms with Crippen LogP contribution >= 0.6 is 0 Å². The number of alkyl halides is 6. The van der Waals surface area contributed by atoms with Gasteiger partial charge in [0, 0.05) is 13.1 Å². The Kier molecular flexibility index (Phi) is 5.71. The van der Waals surface area contributed by atoms with Crippen LogP contribution in [0.4, 0.5) is 26.3 Å². The maximum absolute atomic E-state index is 12.5. The highest BCUT2D eigenvalue weighted by atomic mass is 19.4. The second-order valence-corrected chi connectivity index (χ2v) is 6.05. The van der Waals surface area contributed by atoms with Crippen LogP contribution in [0, 0.1) is 0 Å². The summed E-state index contributed by atoms with van der Waals surface area (Å²) in [6.07, 6.45) is -10.7. The highest BCUT2D eigenvalue weighted by Crippen LogP contribution is 2.28. The van der Waals surface area contributed by atoms with Crippen LogP contribution < -0.4 is 0 Å².